The molecule has 3 heteroatoms. The highest BCUT2D eigenvalue weighted by Gasteiger charge is 1.76. The minimum atomic E-state index is 0. The number of hydrogen-bond acceptors (Lipinski definition) is 2. The molecule has 0 amide bonds. The van der Waals surface area contributed by atoms with Gasteiger partial charge in [0.1, 0.15) is 5.78 Å². The van der Waals surface area contributed by atoms with Gasteiger partial charge >= 0.3 is 0 Å². The topological polar surface area (TPSA) is 74.6 Å². The summed E-state index contributed by atoms with van der Waals surface area (Å²) >= 11 is 0. The van der Waals surface area contributed by atoms with E-state index in [4.69, 9.17) is 5.73 Å². The number of Topliss-reactive ketones (excluding diaryl/α,β-unsaturated/α-hetero) is 1. The molecule has 4 N–H and O–H groups in total. The first-order chi connectivity index (χ1) is 2.27. The molecule has 0 bridgehead atoms. The Balaban J connectivity index is 0. The van der Waals surface area contributed by atoms with Gasteiger partial charge in [0.25, 0.3) is 0 Å². The Morgan fingerprint density at radius 3 is 2.00 bits per heavy atom. The van der Waals surface area contributed by atoms with E-state index in [0.717, 1.165) is 0 Å². The highest BCUT2D eigenvalue weighted by atomic mass is 16.1. The van der Waals surface area contributed by atoms with Crippen molar-refractivity contribution in [2.24, 2.45) is 5.73 Å². The molecule has 0 aliphatic rings. The molecule has 0 aliphatic carbocycles. The van der Waals surface area contributed by atoms with Gasteiger partial charge in [0, 0.05) is 0 Å². The molecule has 0 radical (unpaired) electrons. The van der Waals surface area contributed by atoms with Crippen LogP contribution in [0.15, 0.2) is 0 Å². The molecule has 6 heavy (non-hydrogen) atoms. The average molecular weight is 91.1 g/mol. The Hall–Kier alpha value is -0.410. The third-order valence-electron chi connectivity index (χ3n) is 0.287. The van der Waals surface area contributed by atoms with Crippen LogP contribution in [-0.2, 0) is 4.79 Å². The normalized spacial score (nSPS) is 6.33. The number of carbonyl (C=O) groups excluding carboxylic acids is 1. The highest BCUT2D eigenvalue weighted by Crippen LogP contribution is 1.51. The van der Waals surface area contributed by atoms with Gasteiger partial charge in [-0.15, -0.1) is 0 Å². The minimum absolute atomic E-state index is 0. The van der Waals surface area contributed by atoms with E-state index in [1.165, 1.54) is 6.92 Å². The zero-order chi connectivity index (χ0) is 4.28. The largest absolute Gasteiger partial charge is 0.412 e. The Kier molecular flexibility index (Phi) is 6.99. The van der Waals surface area contributed by atoms with Crippen LogP contribution in [0, 0.1) is 0 Å². The molecule has 0 aromatic carbocycles. The van der Waals surface area contributed by atoms with Gasteiger partial charge in [0.15, 0.2) is 0 Å². The Morgan fingerprint density at radius 1 is 1.83 bits per heavy atom. The van der Waals surface area contributed by atoms with Crippen molar-refractivity contribution in [3.63, 3.8) is 0 Å². The lowest BCUT2D eigenvalue weighted by Crippen LogP contribution is -2.07. The SMILES string of the molecule is CC(=O)CN.O. The van der Waals surface area contributed by atoms with Crippen molar-refractivity contribution in [1.29, 1.82) is 0 Å². The average Bonchev–Trinajstić information content (AvgIpc) is 1.38. The molecular formula is C3H9NO2. The van der Waals surface area contributed by atoms with Crippen LogP contribution in [0.2, 0.25) is 0 Å². The van der Waals surface area contributed by atoms with Gasteiger partial charge in [-0.05, 0) is 6.92 Å². The molecule has 0 aromatic heterocycles. The van der Waals surface area contributed by atoms with Crippen LogP contribution in [0.4, 0.5) is 0 Å². The van der Waals surface area contributed by atoms with Gasteiger partial charge < -0.3 is 11.2 Å². The Morgan fingerprint density at radius 2 is 2.00 bits per heavy atom. The fraction of sp³-hybridized carbons (Fsp3) is 0.667. The monoisotopic (exact) mass is 91.1 g/mol. The van der Waals surface area contributed by atoms with Crippen molar-refractivity contribution >= 4 is 5.78 Å². The molecule has 0 rings (SSSR count). The van der Waals surface area contributed by atoms with Gasteiger partial charge in [-0.25, -0.2) is 0 Å². The summed E-state index contributed by atoms with van der Waals surface area (Å²) in [5.41, 5.74) is 4.82. The second-order valence-electron chi connectivity index (χ2n) is 0.906. The van der Waals surface area contributed by atoms with Crippen LogP contribution in [0.3, 0.4) is 0 Å². The van der Waals surface area contributed by atoms with Gasteiger partial charge in [0.2, 0.25) is 0 Å². The molecule has 0 fully saturated rings. The smallest absolute Gasteiger partial charge is 0.143 e. The van der Waals surface area contributed by atoms with Crippen LogP contribution in [0.1, 0.15) is 6.92 Å². The van der Waals surface area contributed by atoms with Crippen molar-refractivity contribution in [3.8, 4) is 0 Å². The second-order valence-corrected chi connectivity index (χ2v) is 0.906. The zero-order valence-corrected chi connectivity index (χ0v) is 3.69. The van der Waals surface area contributed by atoms with Gasteiger partial charge in [0.05, 0.1) is 6.54 Å². The van der Waals surface area contributed by atoms with E-state index in [1.54, 1.807) is 0 Å². The number of nitrogens with two attached hydrogens (primary N) is 1. The molecule has 0 aliphatic heterocycles. The second kappa shape index (κ2) is 4.59. The lowest BCUT2D eigenvalue weighted by molar-refractivity contribution is -0.115. The number of rotatable bonds is 1. The van der Waals surface area contributed by atoms with E-state index in [1.807, 2.05) is 0 Å². The summed E-state index contributed by atoms with van der Waals surface area (Å²) < 4.78 is 0. The van der Waals surface area contributed by atoms with E-state index in [9.17, 15) is 4.79 Å². The molecular weight excluding hydrogens is 82.0 g/mol. The van der Waals surface area contributed by atoms with Crippen LogP contribution in [0.25, 0.3) is 0 Å². The summed E-state index contributed by atoms with van der Waals surface area (Å²) in [6.07, 6.45) is 0. The first-order valence-corrected chi connectivity index (χ1v) is 1.47. The highest BCUT2D eigenvalue weighted by molar-refractivity contribution is 5.77. The number of hydrogen-bond donors (Lipinski definition) is 1. The first-order valence-electron chi connectivity index (χ1n) is 1.47. The quantitative estimate of drug-likeness (QED) is 0.436. The number of ketones is 1. The van der Waals surface area contributed by atoms with E-state index in [2.05, 4.69) is 0 Å². The third-order valence-corrected chi connectivity index (χ3v) is 0.287. The maximum Gasteiger partial charge on any atom is 0.143 e. The van der Waals surface area contributed by atoms with Crippen LogP contribution < -0.4 is 5.73 Å². The molecule has 0 aromatic rings. The molecule has 0 unspecified atom stereocenters. The Labute approximate surface area is 36.5 Å². The van der Waals surface area contributed by atoms with E-state index < -0.39 is 0 Å². The standard InChI is InChI=1S/C3H7NO.H2O/c1-3(5)2-4;/h2,4H2,1H3;1H2. The van der Waals surface area contributed by atoms with Crippen molar-refractivity contribution in [2.45, 2.75) is 6.92 Å². The van der Waals surface area contributed by atoms with Crippen molar-refractivity contribution in [2.75, 3.05) is 6.54 Å². The van der Waals surface area contributed by atoms with E-state index >= 15 is 0 Å². The summed E-state index contributed by atoms with van der Waals surface area (Å²) in [6, 6.07) is 0. The summed E-state index contributed by atoms with van der Waals surface area (Å²) in [5.74, 6) is 0.0324. The molecule has 38 valence electrons. The number of carbonyl (C=O) groups is 1. The first kappa shape index (κ1) is 9.14. The molecule has 0 spiro atoms. The fourth-order valence-corrected chi connectivity index (χ4v) is 0. The van der Waals surface area contributed by atoms with Crippen molar-refractivity contribution in [3.05, 3.63) is 0 Å². The molecule has 3 nitrogen and oxygen atoms in total. The lowest BCUT2D eigenvalue weighted by Gasteiger charge is -1.73. The Bertz CT molecular complexity index is 44.1. The minimum Gasteiger partial charge on any atom is -0.412 e. The molecule has 0 atom stereocenters. The van der Waals surface area contributed by atoms with Crippen molar-refractivity contribution in [1.82, 2.24) is 0 Å². The maximum atomic E-state index is 9.69. The molecule has 0 saturated carbocycles. The van der Waals surface area contributed by atoms with Gasteiger partial charge in [-0.3, -0.25) is 4.79 Å². The zero-order valence-electron chi connectivity index (χ0n) is 3.69. The van der Waals surface area contributed by atoms with Crippen molar-refractivity contribution < 1.29 is 10.3 Å². The van der Waals surface area contributed by atoms with Crippen LogP contribution >= 0.6 is 0 Å². The maximum absolute atomic E-state index is 9.69. The fourth-order valence-electron chi connectivity index (χ4n) is 0. The van der Waals surface area contributed by atoms with Gasteiger partial charge in [-0.2, -0.15) is 0 Å². The van der Waals surface area contributed by atoms with E-state index in [0.29, 0.717) is 0 Å². The van der Waals surface area contributed by atoms with Crippen LogP contribution in [-0.4, -0.2) is 17.8 Å². The predicted molar refractivity (Wildman–Crippen MR) is 23.3 cm³/mol. The van der Waals surface area contributed by atoms with Gasteiger partial charge in [-0.1, -0.05) is 0 Å². The molecule has 0 saturated heterocycles. The molecule has 0 heterocycles. The van der Waals surface area contributed by atoms with Crippen LogP contribution in [0.5, 0.6) is 0 Å². The third kappa shape index (κ3) is 9.53. The summed E-state index contributed by atoms with van der Waals surface area (Å²) in [4.78, 5) is 9.69. The summed E-state index contributed by atoms with van der Waals surface area (Å²) in [7, 11) is 0. The van der Waals surface area contributed by atoms with E-state index in [-0.39, 0.29) is 17.8 Å². The lowest BCUT2D eigenvalue weighted by atomic mass is 10.5. The summed E-state index contributed by atoms with van der Waals surface area (Å²) in [6.45, 7) is 1.62. The summed E-state index contributed by atoms with van der Waals surface area (Å²) in [5, 5.41) is 0. The predicted octanol–water partition coefficient (Wildman–Crippen LogP) is -1.29.